The topological polar surface area (TPSA) is 79.0 Å². The second-order valence-corrected chi connectivity index (χ2v) is 8.09. The largest absolute Gasteiger partial charge is 0.495 e. The lowest BCUT2D eigenvalue weighted by atomic mass is 9.94. The number of rotatable bonds is 5. The molecule has 7 nitrogen and oxygen atoms in total. The Morgan fingerprint density at radius 2 is 1.67 bits per heavy atom. The smallest absolute Gasteiger partial charge is 0.271 e. The molecule has 2 aliphatic rings. The highest BCUT2D eigenvalue weighted by atomic mass is 16.5. The number of amides is 3. The molecule has 33 heavy (non-hydrogen) atoms. The zero-order valence-corrected chi connectivity index (χ0v) is 18.2. The van der Waals surface area contributed by atoms with E-state index in [0.29, 0.717) is 22.7 Å². The molecule has 0 saturated carbocycles. The van der Waals surface area contributed by atoms with Gasteiger partial charge in [-0.25, -0.2) is 0 Å². The Labute approximate surface area is 191 Å². The van der Waals surface area contributed by atoms with Gasteiger partial charge in [0.25, 0.3) is 11.8 Å². The van der Waals surface area contributed by atoms with Crippen LogP contribution in [0, 0.1) is 0 Å². The predicted molar refractivity (Wildman–Crippen MR) is 124 cm³/mol. The van der Waals surface area contributed by atoms with Crippen LogP contribution in [0.4, 0.5) is 11.4 Å². The number of carbonyl (C=O) groups excluding carboxylic acids is 3. The van der Waals surface area contributed by atoms with E-state index in [-0.39, 0.29) is 31.2 Å². The lowest BCUT2D eigenvalue weighted by molar-refractivity contribution is -0.129. The van der Waals surface area contributed by atoms with Gasteiger partial charge in [-0.2, -0.15) is 0 Å². The standard InChI is InChI=1S/C26H23N3O4/c1-33-22-14-8-6-12-20(22)27-25(32)26-16-15-23(30)29(26)21-13-7-5-11-19(21)24(31)28(26)17-18-9-3-2-4-10-18/h2-14H,15-17H2,1H3,(H,27,32). The zero-order chi connectivity index (χ0) is 23.0. The number of benzene rings is 3. The van der Waals surface area contributed by atoms with E-state index in [2.05, 4.69) is 5.32 Å². The Hall–Kier alpha value is -4.13. The molecule has 5 rings (SSSR count). The molecule has 3 aromatic carbocycles. The number of methoxy groups -OCH3 is 1. The third-order valence-corrected chi connectivity index (χ3v) is 6.28. The minimum absolute atomic E-state index is 0.159. The van der Waals surface area contributed by atoms with Gasteiger partial charge in [0.05, 0.1) is 24.0 Å². The maximum Gasteiger partial charge on any atom is 0.271 e. The Balaban J connectivity index is 1.65. The van der Waals surface area contributed by atoms with Gasteiger partial charge in [0, 0.05) is 19.4 Å². The van der Waals surface area contributed by atoms with Crippen molar-refractivity contribution in [3.05, 3.63) is 90.0 Å². The molecule has 166 valence electrons. The van der Waals surface area contributed by atoms with Crippen LogP contribution in [0.3, 0.4) is 0 Å². The van der Waals surface area contributed by atoms with Crippen molar-refractivity contribution in [2.24, 2.45) is 0 Å². The number of ether oxygens (including phenoxy) is 1. The first-order valence-electron chi connectivity index (χ1n) is 10.8. The van der Waals surface area contributed by atoms with Crippen LogP contribution in [0.1, 0.15) is 28.8 Å². The second kappa shape index (κ2) is 8.09. The summed E-state index contributed by atoms with van der Waals surface area (Å²) in [6.45, 7) is 0.192. The lowest BCUT2D eigenvalue weighted by Crippen LogP contribution is -2.69. The van der Waals surface area contributed by atoms with Crippen molar-refractivity contribution in [3.8, 4) is 5.75 Å². The Kier molecular flexibility index (Phi) is 5.09. The summed E-state index contributed by atoms with van der Waals surface area (Å²) >= 11 is 0. The Bertz CT molecular complexity index is 1240. The minimum atomic E-state index is -1.49. The first-order chi connectivity index (χ1) is 16.1. The molecule has 3 amide bonds. The summed E-state index contributed by atoms with van der Waals surface area (Å²) in [6.07, 6.45) is 0.353. The van der Waals surface area contributed by atoms with Crippen molar-refractivity contribution in [2.75, 3.05) is 17.3 Å². The first kappa shape index (κ1) is 20.8. The van der Waals surface area contributed by atoms with Gasteiger partial charge in [-0.05, 0) is 29.8 Å². The summed E-state index contributed by atoms with van der Waals surface area (Å²) in [4.78, 5) is 43.9. The quantitative estimate of drug-likeness (QED) is 0.653. The SMILES string of the molecule is COc1ccccc1NC(=O)C12CCC(=O)N1c1ccccc1C(=O)N2Cc1ccccc1. The molecule has 0 spiro atoms. The van der Waals surface area contributed by atoms with Gasteiger partial charge in [-0.3, -0.25) is 19.3 Å². The van der Waals surface area contributed by atoms with Gasteiger partial charge in [-0.15, -0.1) is 0 Å². The van der Waals surface area contributed by atoms with Crippen LogP contribution in [-0.2, 0) is 16.1 Å². The maximum atomic E-state index is 14.0. The zero-order valence-electron chi connectivity index (χ0n) is 18.2. The average Bonchev–Trinajstić information content (AvgIpc) is 3.21. The van der Waals surface area contributed by atoms with Crippen molar-refractivity contribution < 1.29 is 19.1 Å². The van der Waals surface area contributed by atoms with Gasteiger partial charge in [0.1, 0.15) is 5.75 Å². The lowest BCUT2D eigenvalue weighted by Gasteiger charge is -2.49. The molecular formula is C26H23N3O4. The monoisotopic (exact) mass is 441 g/mol. The molecule has 1 fully saturated rings. The molecule has 0 bridgehead atoms. The molecule has 2 aliphatic heterocycles. The van der Waals surface area contributed by atoms with Gasteiger partial charge < -0.3 is 15.0 Å². The molecule has 1 N–H and O–H groups in total. The van der Waals surface area contributed by atoms with E-state index in [1.165, 1.54) is 16.9 Å². The van der Waals surface area contributed by atoms with Gasteiger partial charge in [0.15, 0.2) is 0 Å². The molecule has 1 unspecified atom stereocenters. The van der Waals surface area contributed by atoms with Crippen LogP contribution in [0.5, 0.6) is 5.75 Å². The van der Waals surface area contributed by atoms with E-state index in [4.69, 9.17) is 4.74 Å². The van der Waals surface area contributed by atoms with E-state index in [1.54, 1.807) is 48.5 Å². The fourth-order valence-corrected chi connectivity index (χ4v) is 4.74. The Morgan fingerprint density at radius 1 is 0.970 bits per heavy atom. The summed E-state index contributed by atoms with van der Waals surface area (Å²) < 4.78 is 5.39. The number of nitrogens with zero attached hydrogens (tertiary/aromatic N) is 2. The van der Waals surface area contributed by atoms with Crippen LogP contribution in [-0.4, -0.2) is 35.4 Å². The highest BCUT2D eigenvalue weighted by molar-refractivity contribution is 6.18. The molecular weight excluding hydrogens is 418 g/mol. The fraction of sp³-hybridized carbons (Fsp3) is 0.192. The summed E-state index contributed by atoms with van der Waals surface area (Å²) in [7, 11) is 1.52. The van der Waals surface area contributed by atoms with Crippen LogP contribution in [0.15, 0.2) is 78.9 Å². The predicted octanol–water partition coefficient (Wildman–Crippen LogP) is 3.81. The maximum absolute atomic E-state index is 14.0. The van der Waals surface area contributed by atoms with E-state index in [0.717, 1.165) is 5.56 Å². The van der Waals surface area contributed by atoms with E-state index in [9.17, 15) is 14.4 Å². The molecule has 1 atom stereocenters. The fourth-order valence-electron chi connectivity index (χ4n) is 4.74. The number of hydrogen-bond donors (Lipinski definition) is 1. The third-order valence-electron chi connectivity index (χ3n) is 6.28. The summed E-state index contributed by atoms with van der Waals surface area (Å²) in [5.74, 6) is -0.425. The van der Waals surface area contributed by atoms with Crippen LogP contribution >= 0.6 is 0 Å². The number of fused-ring (bicyclic) bond motifs is 3. The molecule has 0 radical (unpaired) electrons. The van der Waals surface area contributed by atoms with E-state index < -0.39 is 11.6 Å². The molecule has 0 aromatic heterocycles. The molecule has 7 heteroatoms. The van der Waals surface area contributed by atoms with Crippen LogP contribution < -0.4 is 15.0 Å². The van der Waals surface area contributed by atoms with Crippen molar-refractivity contribution in [3.63, 3.8) is 0 Å². The Morgan fingerprint density at radius 3 is 2.45 bits per heavy atom. The van der Waals surface area contributed by atoms with Crippen molar-refractivity contribution in [2.45, 2.75) is 25.0 Å². The summed E-state index contributed by atoms with van der Waals surface area (Å²) in [6, 6.07) is 23.5. The number of carbonyl (C=O) groups is 3. The molecule has 3 aromatic rings. The van der Waals surface area contributed by atoms with E-state index in [1.807, 2.05) is 30.3 Å². The van der Waals surface area contributed by atoms with Gasteiger partial charge in [0.2, 0.25) is 11.6 Å². The highest BCUT2D eigenvalue weighted by Crippen LogP contribution is 2.46. The number of anilines is 2. The highest BCUT2D eigenvalue weighted by Gasteiger charge is 2.60. The van der Waals surface area contributed by atoms with Crippen molar-refractivity contribution in [1.29, 1.82) is 0 Å². The van der Waals surface area contributed by atoms with Gasteiger partial charge in [-0.1, -0.05) is 54.6 Å². The number of para-hydroxylation sites is 3. The van der Waals surface area contributed by atoms with Crippen molar-refractivity contribution in [1.82, 2.24) is 4.90 Å². The molecule has 2 heterocycles. The summed E-state index contributed by atoms with van der Waals surface area (Å²) in [5, 5.41) is 2.93. The van der Waals surface area contributed by atoms with Crippen LogP contribution in [0.25, 0.3) is 0 Å². The molecule has 1 saturated heterocycles. The minimum Gasteiger partial charge on any atom is -0.495 e. The van der Waals surface area contributed by atoms with Crippen molar-refractivity contribution >= 4 is 29.1 Å². The van der Waals surface area contributed by atoms with Gasteiger partial charge >= 0.3 is 0 Å². The summed E-state index contributed by atoms with van der Waals surface area (Å²) in [5.41, 5.74) is 0.728. The second-order valence-electron chi connectivity index (χ2n) is 8.09. The normalized spacial score (nSPS) is 19.2. The number of nitrogens with one attached hydrogen (secondary N) is 1. The van der Waals surface area contributed by atoms with E-state index >= 15 is 0 Å². The number of hydrogen-bond acceptors (Lipinski definition) is 4. The first-order valence-corrected chi connectivity index (χ1v) is 10.8. The van der Waals surface area contributed by atoms with Crippen LogP contribution in [0.2, 0.25) is 0 Å². The average molecular weight is 441 g/mol. The third kappa shape index (κ3) is 3.24. The molecule has 0 aliphatic carbocycles.